The van der Waals surface area contributed by atoms with Crippen LogP contribution in [0.2, 0.25) is 0 Å². The number of hydrogen-bond acceptors (Lipinski definition) is 2. The molecule has 0 aromatic heterocycles. The molecule has 4 heteroatoms. The summed E-state index contributed by atoms with van der Waals surface area (Å²) in [6, 6.07) is 0. The fourth-order valence-corrected chi connectivity index (χ4v) is 1.09. The molecule has 1 amide bonds. The van der Waals surface area contributed by atoms with Gasteiger partial charge in [-0.15, -0.1) is 11.6 Å². The van der Waals surface area contributed by atoms with Gasteiger partial charge in [0.15, 0.2) is 0 Å². The van der Waals surface area contributed by atoms with Gasteiger partial charge in [-0.3, -0.25) is 4.79 Å². The molecule has 0 aliphatic heterocycles. The van der Waals surface area contributed by atoms with Crippen LogP contribution in [0.15, 0.2) is 0 Å². The summed E-state index contributed by atoms with van der Waals surface area (Å²) in [5.41, 5.74) is 0. The van der Waals surface area contributed by atoms with Gasteiger partial charge in [-0.05, 0) is 20.8 Å². The van der Waals surface area contributed by atoms with Crippen LogP contribution < -0.4 is 0 Å². The topological polar surface area (TPSA) is 29.5 Å². The Balaban J connectivity index is 3.77. The van der Waals surface area contributed by atoms with Gasteiger partial charge in [0, 0.05) is 19.0 Å². The summed E-state index contributed by atoms with van der Waals surface area (Å²) in [5.74, 6) is 0.484. The third kappa shape index (κ3) is 5.88. The molecule has 0 N–H and O–H groups in total. The number of carbonyl (C=O) groups excluding carboxylic acids is 1. The molecule has 0 aliphatic rings. The molecule has 0 fully saturated rings. The van der Waals surface area contributed by atoms with Crippen molar-refractivity contribution >= 4 is 17.5 Å². The van der Waals surface area contributed by atoms with E-state index in [1.165, 1.54) is 0 Å². The molecular formula is C9H18ClNO2. The van der Waals surface area contributed by atoms with E-state index in [0.717, 1.165) is 0 Å². The zero-order valence-electron chi connectivity index (χ0n) is 8.55. The van der Waals surface area contributed by atoms with Gasteiger partial charge in [0.1, 0.15) is 6.61 Å². The molecule has 0 heterocycles. The molecule has 0 aromatic carbocycles. The highest BCUT2D eigenvalue weighted by Crippen LogP contribution is 1.94. The maximum atomic E-state index is 11.4. The highest BCUT2D eigenvalue weighted by atomic mass is 35.5. The standard InChI is InChI=1S/C9H18ClNO2/c1-4-11(6-5-10)9(12)7-13-8(2)3/h8H,4-7H2,1-3H3. The monoisotopic (exact) mass is 207 g/mol. The molecule has 13 heavy (non-hydrogen) atoms. The molecule has 0 bridgehead atoms. The maximum Gasteiger partial charge on any atom is 0.248 e. The van der Waals surface area contributed by atoms with E-state index in [4.69, 9.17) is 16.3 Å². The number of halogens is 1. The Kier molecular flexibility index (Phi) is 7.00. The number of hydrogen-bond donors (Lipinski definition) is 0. The zero-order valence-corrected chi connectivity index (χ0v) is 9.30. The van der Waals surface area contributed by atoms with Crippen LogP contribution in [0, 0.1) is 0 Å². The Hall–Kier alpha value is -0.280. The summed E-state index contributed by atoms with van der Waals surface area (Å²) in [7, 11) is 0. The second-order valence-corrected chi connectivity index (χ2v) is 3.40. The van der Waals surface area contributed by atoms with Gasteiger partial charge in [0.05, 0.1) is 6.10 Å². The van der Waals surface area contributed by atoms with Crippen LogP contribution in [0.1, 0.15) is 20.8 Å². The van der Waals surface area contributed by atoms with Crippen LogP contribution in [0.25, 0.3) is 0 Å². The van der Waals surface area contributed by atoms with Crippen molar-refractivity contribution < 1.29 is 9.53 Å². The molecular weight excluding hydrogens is 190 g/mol. The molecule has 78 valence electrons. The van der Waals surface area contributed by atoms with E-state index in [-0.39, 0.29) is 18.6 Å². The number of rotatable bonds is 6. The van der Waals surface area contributed by atoms with Crippen molar-refractivity contribution in [3.8, 4) is 0 Å². The molecule has 0 unspecified atom stereocenters. The Morgan fingerprint density at radius 3 is 2.54 bits per heavy atom. The van der Waals surface area contributed by atoms with Gasteiger partial charge in [-0.1, -0.05) is 0 Å². The second kappa shape index (κ2) is 7.15. The molecule has 0 atom stereocenters. The molecule has 0 saturated carbocycles. The lowest BCUT2D eigenvalue weighted by atomic mass is 10.4. The van der Waals surface area contributed by atoms with E-state index in [2.05, 4.69) is 0 Å². The predicted molar refractivity (Wildman–Crippen MR) is 54.1 cm³/mol. The smallest absolute Gasteiger partial charge is 0.248 e. The van der Waals surface area contributed by atoms with Gasteiger partial charge < -0.3 is 9.64 Å². The van der Waals surface area contributed by atoms with Crippen molar-refractivity contribution in [1.82, 2.24) is 4.90 Å². The summed E-state index contributed by atoms with van der Waals surface area (Å²) < 4.78 is 5.20. The van der Waals surface area contributed by atoms with Crippen LogP contribution >= 0.6 is 11.6 Å². The first-order valence-electron chi connectivity index (χ1n) is 4.57. The first kappa shape index (κ1) is 12.7. The van der Waals surface area contributed by atoms with Crippen molar-refractivity contribution in [1.29, 1.82) is 0 Å². The van der Waals surface area contributed by atoms with Gasteiger partial charge >= 0.3 is 0 Å². The van der Waals surface area contributed by atoms with Crippen molar-refractivity contribution in [2.45, 2.75) is 26.9 Å². The fraction of sp³-hybridized carbons (Fsp3) is 0.889. The molecule has 0 spiro atoms. The Labute approximate surface area is 85.0 Å². The highest BCUT2D eigenvalue weighted by molar-refractivity contribution is 6.18. The summed E-state index contributed by atoms with van der Waals surface area (Å²) in [4.78, 5) is 13.1. The van der Waals surface area contributed by atoms with Crippen molar-refractivity contribution in [2.24, 2.45) is 0 Å². The zero-order chi connectivity index (χ0) is 10.3. The van der Waals surface area contributed by atoms with Crippen LogP contribution in [0.4, 0.5) is 0 Å². The average Bonchev–Trinajstić information content (AvgIpc) is 2.10. The number of amides is 1. The Morgan fingerprint density at radius 1 is 1.54 bits per heavy atom. The van der Waals surface area contributed by atoms with E-state index in [0.29, 0.717) is 19.0 Å². The van der Waals surface area contributed by atoms with Crippen LogP contribution in [-0.2, 0) is 9.53 Å². The Bertz CT molecular complexity index is 151. The first-order chi connectivity index (χ1) is 6.11. The van der Waals surface area contributed by atoms with E-state index in [9.17, 15) is 4.79 Å². The number of likely N-dealkylation sites (N-methyl/N-ethyl adjacent to an activating group) is 1. The van der Waals surface area contributed by atoms with Crippen LogP contribution in [0.3, 0.4) is 0 Å². The number of nitrogens with zero attached hydrogens (tertiary/aromatic N) is 1. The fourth-order valence-electron chi connectivity index (χ4n) is 0.890. The summed E-state index contributed by atoms with van der Waals surface area (Å²) >= 11 is 5.55. The number of alkyl halides is 1. The molecule has 0 rings (SSSR count). The van der Waals surface area contributed by atoms with Crippen LogP contribution in [0.5, 0.6) is 0 Å². The first-order valence-corrected chi connectivity index (χ1v) is 5.10. The average molecular weight is 208 g/mol. The third-order valence-corrected chi connectivity index (χ3v) is 1.80. The number of ether oxygens (including phenoxy) is 1. The SMILES string of the molecule is CCN(CCCl)C(=O)COC(C)C. The quantitative estimate of drug-likeness (QED) is 0.618. The predicted octanol–water partition coefficient (Wildman–Crippen LogP) is 1.50. The van der Waals surface area contributed by atoms with Crippen LogP contribution in [-0.4, -0.2) is 42.5 Å². The lowest BCUT2D eigenvalue weighted by Gasteiger charge is -2.20. The number of carbonyl (C=O) groups is 1. The lowest BCUT2D eigenvalue weighted by Crippen LogP contribution is -2.35. The molecule has 3 nitrogen and oxygen atoms in total. The van der Waals surface area contributed by atoms with Gasteiger partial charge in [-0.25, -0.2) is 0 Å². The summed E-state index contributed by atoms with van der Waals surface area (Å²) in [5, 5.41) is 0. The van der Waals surface area contributed by atoms with Gasteiger partial charge in [0.2, 0.25) is 5.91 Å². The molecule has 0 aromatic rings. The normalized spacial score (nSPS) is 10.5. The van der Waals surface area contributed by atoms with Gasteiger partial charge in [-0.2, -0.15) is 0 Å². The minimum atomic E-state index is 0.0110. The lowest BCUT2D eigenvalue weighted by molar-refractivity contribution is -0.137. The van der Waals surface area contributed by atoms with E-state index >= 15 is 0 Å². The van der Waals surface area contributed by atoms with E-state index < -0.39 is 0 Å². The highest BCUT2D eigenvalue weighted by Gasteiger charge is 2.10. The minimum Gasteiger partial charge on any atom is -0.369 e. The second-order valence-electron chi connectivity index (χ2n) is 3.02. The molecule has 0 radical (unpaired) electrons. The van der Waals surface area contributed by atoms with Crippen molar-refractivity contribution in [3.63, 3.8) is 0 Å². The largest absolute Gasteiger partial charge is 0.369 e. The molecule has 0 aliphatic carbocycles. The summed E-state index contributed by atoms with van der Waals surface area (Å²) in [6.07, 6.45) is 0.0960. The van der Waals surface area contributed by atoms with E-state index in [1.54, 1.807) is 4.90 Å². The third-order valence-electron chi connectivity index (χ3n) is 1.63. The Morgan fingerprint density at radius 2 is 2.15 bits per heavy atom. The van der Waals surface area contributed by atoms with E-state index in [1.807, 2.05) is 20.8 Å². The van der Waals surface area contributed by atoms with Crippen molar-refractivity contribution in [2.75, 3.05) is 25.6 Å². The molecule has 0 saturated heterocycles. The van der Waals surface area contributed by atoms with Crippen molar-refractivity contribution in [3.05, 3.63) is 0 Å². The minimum absolute atomic E-state index is 0.0110. The summed E-state index contributed by atoms with van der Waals surface area (Å²) in [6.45, 7) is 7.18. The maximum absolute atomic E-state index is 11.4. The van der Waals surface area contributed by atoms with Gasteiger partial charge in [0.25, 0.3) is 0 Å².